The lowest BCUT2D eigenvalue weighted by Gasteiger charge is -2.11. The molecule has 5 nitrogen and oxygen atoms in total. The second-order valence-corrected chi connectivity index (χ2v) is 5.29. The fraction of sp³-hybridized carbons (Fsp3) is 0.111. The van der Waals surface area contributed by atoms with Gasteiger partial charge in [-0.15, -0.1) is 0 Å². The number of hydrogen-bond donors (Lipinski definition) is 2. The standard InChI is InChI=1S/C18H17N3O2/c1-3-11(2)16-15(17(19)23)14-5-4-10-20-18(14)21(16)12-6-8-13(22)9-7-12/h3-10,22H,1-2H3,(H2,19,23)/b11-3-. The van der Waals surface area contributed by atoms with Crippen LogP contribution in [0.25, 0.3) is 22.3 Å². The number of carbonyl (C=O) groups excluding carboxylic acids is 1. The number of nitrogens with two attached hydrogens (primary N) is 1. The lowest BCUT2D eigenvalue weighted by molar-refractivity contribution is 0.100. The largest absolute Gasteiger partial charge is 0.508 e. The Balaban J connectivity index is 2.48. The minimum Gasteiger partial charge on any atom is -0.508 e. The molecule has 0 saturated heterocycles. The van der Waals surface area contributed by atoms with Crippen LogP contribution in [0.3, 0.4) is 0 Å². The molecular weight excluding hydrogens is 290 g/mol. The number of primary amides is 1. The van der Waals surface area contributed by atoms with Gasteiger partial charge < -0.3 is 10.8 Å². The summed E-state index contributed by atoms with van der Waals surface area (Å²) in [5, 5.41) is 10.2. The number of aromatic hydroxyl groups is 1. The Hall–Kier alpha value is -3.08. The van der Waals surface area contributed by atoms with Crippen LogP contribution in [0.2, 0.25) is 0 Å². The van der Waals surface area contributed by atoms with Crippen molar-refractivity contribution in [3.05, 3.63) is 59.9 Å². The summed E-state index contributed by atoms with van der Waals surface area (Å²) in [5.74, 6) is -0.311. The minimum atomic E-state index is -0.489. The third-order valence-electron chi connectivity index (χ3n) is 3.89. The summed E-state index contributed by atoms with van der Waals surface area (Å²) in [6.07, 6.45) is 3.61. The number of amides is 1. The van der Waals surface area contributed by atoms with Crippen molar-refractivity contribution in [2.45, 2.75) is 13.8 Å². The third-order valence-corrected chi connectivity index (χ3v) is 3.89. The van der Waals surface area contributed by atoms with E-state index in [1.54, 1.807) is 36.5 Å². The highest BCUT2D eigenvalue weighted by atomic mass is 16.3. The zero-order valence-corrected chi connectivity index (χ0v) is 12.9. The van der Waals surface area contributed by atoms with Gasteiger partial charge >= 0.3 is 0 Å². The van der Waals surface area contributed by atoms with E-state index >= 15 is 0 Å². The van der Waals surface area contributed by atoms with Crippen molar-refractivity contribution in [2.75, 3.05) is 0 Å². The van der Waals surface area contributed by atoms with Crippen LogP contribution >= 0.6 is 0 Å². The van der Waals surface area contributed by atoms with Gasteiger partial charge in [-0.25, -0.2) is 4.98 Å². The number of hydrogen-bond acceptors (Lipinski definition) is 3. The number of phenols is 1. The highest BCUT2D eigenvalue weighted by molar-refractivity contribution is 6.10. The Morgan fingerprint density at radius 2 is 1.96 bits per heavy atom. The number of benzene rings is 1. The Labute approximate surface area is 133 Å². The Morgan fingerprint density at radius 1 is 1.26 bits per heavy atom. The van der Waals surface area contributed by atoms with Crippen LogP contribution in [0.4, 0.5) is 0 Å². The van der Waals surface area contributed by atoms with Gasteiger partial charge in [-0.1, -0.05) is 6.08 Å². The summed E-state index contributed by atoms with van der Waals surface area (Å²) < 4.78 is 1.89. The van der Waals surface area contributed by atoms with E-state index in [2.05, 4.69) is 4.98 Å². The summed E-state index contributed by atoms with van der Waals surface area (Å²) in [4.78, 5) is 16.5. The molecule has 2 heterocycles. The van der Waals surface area contributed by atoms with Crippen LogP contribution in [0.1, 0.15) is 29.9 Å². The molecule has 23 heavy (non-hydrogen) atoms. The Morgan fingerprint density at radius 3 is 2.57 bits per heavy atom. The molecule has 3 rings (SSSR count). The topological polar surface area (TPSA) is 81.1 Å². The molecule has 2 aromatic heterocycles. The van der Waals surface area contributed by atoms with Crippen LogP contribution in [0.5, 0.6) is 5.75 Å². The predicted octanol–water partition coefficient (Wildman–Crippen LogP) is 3.25. The minimum absolute atomic E-state index is 0.178. The fourth-order valence-electron chi connectivity index (χ4n) is 2.73. The zero-order chi connectivity index (χ0) is 16.6. The number of fused-ring (bicyclic) bond motifs is 1. The number of pyridine rings is 1. The van der Waals surface area contributed by atoms with Crippen molar-refractivity contribution < 1.29 is 9.90 Å². The molecule has 0 aliphatic heterocycles. The average Bonchev–Trinajstić information content (AvgIpc) is 2.90. The Bertz CT molecular complexity index is 921. The van der Waals surface area contributed by atoms with Gasteiger partial charge in [0, 0.05) is 17.3 Å². The van der Waals surface area contributed by atoms with Crippen molar-refractivity contribution in [3.63, 3.8) is 0 Å². The first-order valence-corrected chi connectivity index (χ1v) is 7.26. The molecule has 5 heteroatoms. The van der Waals surface area contributed by atoms with E-state index < -0.39 is 5.91 Å². The molecule has 0 aliphatic rings. The molecule has 1 amide bonds. The van der Waals surface area contributed by atoms with Gasteiger partial charge in [0.2, 0.25) is 0 Å². The molecule has 0 unspecified atom stereocenters. The van der Waals surface area contributed by atoms with Gasteiger partial charge in [-0.05, 0) is 55.8 Å². The summed E-state index contributed by atoms with van der Waals surface area (Å²) in [6, 6.07) is 10.4. The normalized spacial score (nSPS) is 11.8. The molecule has 3 aromatic rings. The SMILES string of the molecule is C/C=C(/C)c1c(C(N)=O)c2cccnc2n1-c1ccc(O)cc1. The third kappa shape index (κ3) is 2.36. The van der Waals surface area contributed by atoms with Crippen molar-refractivity contribution in [3.8, 4) is 11.4 Å². The first-order valence-electron chi connectivity index (χ1n) is 7.26. The lowest BCUT2D eigenvalue weighted by atomic mass is 10.1. The molecule has 0 spiro atoms. The Kier molecular flexibility index (Phi) is 3.62. The number of phenolic OH excluding ortho intramolecular Hbond substituents is 1. The molecule has 0 bridgehead atoms. The van der Waals surface area contributed by atoms with Gasteiger partial charge in [0.15, 0.2) is 0 Å². The summed E-state index contributed by atoms with van der Waals surface area (Å²) in [6.45, 7) is 3.84. The van der Waals surface area contributed by atoms with Crippen LogP contribution < -0.4 is 5.73 Å². The van der Waals surface area contributed by atoms with E-state index in [0.717, 1.165) is 17.0 Å². The van der Waals surface area contributed by atoms with Gasteiger partial charge in [-0.2, -0.15) is 0 Å². The number of aromatic nitrogens is 2. The van der Waals surface area contributed by atoms with E-state index in [4.69, 9.17) is 5.73 Å². The average molecular weight is 307 g/mol. The van der Waals surface area contributed by atoms with E-state index in [9.17, 15) is 9.90 Å². The molecule has 0 atom stereocenters. The molecule has 116 valence electrons. The highest BCUT2D eigenvalue weighted by Gasteiger charge is 2.23. The quantitative estimate of drug-likeness (QED) is 0.779. The number of allylic oxidation sites excluding steroid dienone is 2. The number of rotatable bonds is 3. The van der Waals surface area contributed by atoms with E-state index in [1.807, 2.05) is 30.6 Å². The van der Waals surface area contributed by atoms with Gasteiger partial charge in [0.05, 0.1) is 11.3 Å². The van der Waals surface area contributed by atoms with Gasteiger partial charge in [0.1, 0.15) is 11.4 Å². The van der Waals surface area contributed by atoms with Crippen molar-refractivity contribution in [1.82, 2.24) is 9.55 Å². The smallest absolute Gasteiger partial charge is 0.251 e. The van der Waals surface area contributed by atoms with E-state index in [0.29, 0.717) is 16.6 Å². The summed E-state index contributed by atoms with van der Waals surface area (Å²) >= 11 is 0. The zero-order valence-electron chi connectivity index (χ0n) is 12.9. The van der Waals surface area contributed by atoms with Crippen molar-refractivity contribution in [1.29, 1.82) is 0 Å². The predicted molar refractivity (Wildman–Crippen MR) is 90.6 cm³/mol. The van der Waals surface area contributed by atoms with Crippen LogP contribution in [-0.4, -0.2) is 20.6 Å². The highest BCUT2D eigenvalue weighted by Crippen LogP contribution is 2.32. The molecule has 0 radical (unpaired) electrons. The van der Waals surface area contributed by atoms with Crippen molar-refractivity contribution in [2.24, 2.45) is 5.73 Å². The maximum Gasteiger partial charge on any atom is 0.251 e. The molecular formula is C18H17N3O2. The molecule has 3 N–H and O–H groups in total. The van der Waals surface area contributed by atoms with Gasteiger partial charge in [-0.3, -0.25) is 9.36 Å². The monoisotopic (exact) mass is 307 g/mol. The maximum atomic E-state index is 12.1. The second-order valence-electron chi connectivity index (χ2n) is 5.29. The van der Waals surface area contributed by atoms with Crippen LogP contribution in [0, 0.1) is 0 Å². The first kappa shape index (κ1) is 14.8. The maximum absolute atomic E-state index is 12.1. The van der Waals surface area contributed by atoms with Gasteiger partial charge in [0.25, 0.3) is 5.91 Å². The van der Waals surface area contributed by atoms with Crippen LogP contribution in [0.15, 0.2) is 48.7 Å². The molecule has 0 saturated carbocycles. The lowest BCUT2D eigenvalue weighted by Crippen LogP contribution is -2.13. The summed E-state index contributed by atoms with van der Waals surface area (Å²) in [7, 11) is 0. The fourth-order valence-corrected chi connectivity index (χ4v) is 2.73. The summed E-state index contributed by atoms with van der Waals surface area (Å²) in [5.41, 5.74) is 9.20. The number of carbonyl (C=O) groups is 1. The number of nitrogens with zero attached hydrogens (tertiary/aromatic N) is 2. The van der Waals surface area contributed by atoms with E-state index in [1.165, 1.54) is 0 Å². The van der Waals surface area contributed by atoms with E-state index in [-0.39, 0.29) is 5.75 Å². The molecule has 1 aromatic carbocycles. The second kappa shape index (κ2) is 5.61. The van der Waals surface area contributed by atoms with Crippen LogP contribution in [-0.2, 0) is 0 Å². The van der Waals surface area contributed by atoms with Crippen molar-refractivity contribution >= 4 is 22.5 Å². The molecule has 0 fully saturated rings. The molecule has 0 aliphatic carbocycles. The first-order chi connectivity index (χ1) is 11.0.